The molecular weight excluding hydrogens is 401 g/mol. The number of nitrogens with zero attached hydrogens (tertiary/aromatic N) is 3. The Morgan fingerprint density at radius 1 is 1.22 bits per heavy atom. The average molecular weight is 423 g/mol. The van der Waals surface area contributed by atoms with E-state index in [2.05, 4.69) is 26.3 Å². The Bertz CT molecular complexity index is 643. The lowest BCUT2D eigenvalue weighted by molar-refractivity contribution is 0.666. The number of guanidine groups is 1. The van der Waals surface area contributed by atoms with Gasteiger partial charge in [-0.2, -0.15) is 5.26 Å². The molecule has 1 heterocycles. The maximum atomic E-state index is 8.92. The number of nitrogens with one attached hydrogen (secondary N) is 2. The van der Waals surface area contributed by atoms with Crippen molar-refractivity contribution in [1.29, 1.82) is 5.26 Å². The molecule has 5 nitrogen and oxygen atoms in total. The zero-order valence-electron chi connectivity index (χ0n) is 13.2. The molecule has 2 rings (SSSR count). The van der Waals surface area contributed by atoms with Gasteiger partial charge in [0.25, 0.3) is 0 Å². The lowest BCUT2D eigenvalue weighted by atomic mass is 10.1. The number of rotatable bonds is 6. The highest BCUT2D eigenvalue weighted by molar-refractivity contribution is 14.0. The minimum atomic E-state index is 0. The maximum absolute atomic E-state index is 8.92. The van der Waals surface area contributed by atoms with Crippen LogP contribution in [0.4, 0.5) is 0 Å². The van der Waals surface area contributed by atoms with Crippen LogP contribution in [0.3, 0.4) is 0 Å². The quantitative estimate of drug-likeness (QED) is 0.427. The summed E-state index contributed by atoms with van der Waals surface area (Å²) in [6, 6.07) is 13.7. The van der Waals surface area contributed by atoms with Gasteiger partial charge in [-0.1, -0.05) is 12.1 Å². The predicted molar refractivity (Wildman–Crippen MR) is 104 cm³/mol. The third kappa shape index (κ3) is 6.74. The Morgan fingerprint density at radius 3 is 2.70 bits per heavy atom. The third-order valence-corrected chi connectivity index (χ3v) is 3.15. The van der Waals surface area contributed by atoms with Gasteiger partial charge in [-0.25, -0.2) is 4.99 Å². The van der Waals surface area contributed by atoms with Crippen LogP contribution in [0.25, 0.3) is 0 Å². The standard InChI is InChI=1S/C17H21N5.HI/c1-2-19-17(20-8-11-22-9-3-4-10-22)21-14-16-7-5-6-15(12-16)13-18;/h3-7,9-10,12H,2,8,11,14H2,1H3,(H2,19,20,21);1H. The van der Waals surface area contributed by atoms with E-state index < -0.39 is 0 Å². The highest BCUT2D eigenvalue weighted by Crippen LogP contribution is 2.05. The summed E-state index contributed by atoms with van der Waals surface area (Å²) in [4.78, 5) is 4.55. The molecule has 0 aliphatic heterocycles. The van der Waals surface area contributed by atoms with Gasteiger partial charge in [0.05, 0.1) is 18.2 Å². The molecule has 23 heavy (non-hydrogen) atoms. The highest BCUT2D eigenvalue weighted by atomic mass is 127. The van der Waals surface area contributed by atoms with Crippen LogP contribution < -0.4 is 10.6 Å². The summed E-state index contributed by atoms with van der Waals surface area (Å²) in [7, 11) is 0. The van der Waals surface area contributed by atoms with Crippen LogP contribution in [0.1, 0.15) is 18.1 Å². The van der Waals surface area contributed by atoms with Crippen LogP contribution in [-0.2, 0) is 13.1 Å². The number of benzene rings is 1. The lowest BCUT2D eigenvalue weighted by Crippen LogP contribution is -2.38. The van der Waals surface area contributed by atoms with E-state index in [1.54, 1.807) is 6.07 Å². The van der Waals surface area contributed by atoms with E-state index in [9.17, 15) is 0 Å². The number of nitriles is 1. The minimum Gasteiger partial charge on any atom is -0.357 e. The summed E-state index contributed by atoms with van der Waals surface area (Å²) in [6.45, 7) is 5.10. The van der Waals surface area contributed by atoms with E-state index in [0.717, 1.165) is 31.2 Å². The van der Waals surface area contributed by atoms with Crippen molar-refractivity contribution in [1.82, 2.24) is 15.2 Å². The summed E-state index contributed by atoms with van der Waals surface area (Å²) in [6.07, 6.45) is 4.08. The summed E-state index contributed by atoms with van der Waals surface area (Å²) < 4.78 is 2.12. The van der Waals surface area contributed by atoms with Crippen LogP contribution in [0, 0.1) is 11.3 Å². The smallest absolute Gasteiger partial charge is 0.191 e. The van der Waals surface area contributed by atoms with Crippen molar-refractivity contribution < 1.29 is 0 Å². The van der Waals surface area contributed by atoms with Gasteiger partial charge in [-0.15, -0.1) is 24.0 Å². The van der Waals surface area contributed by atoms with Crippen LogP contribution in [-0.4, -0.2) is 23.6 Å². The van der Waals surface area contributed by atoms with Crippen molar-refractivity contribution in [2.75, 3.05) is 13.1 Å². The van der Waals surface area contributed by atoms with E-state index in [0.29, 0.717) is 12.1 Å². The van der Waals surface area contributed by atoms with E-state index in [-0.39, 0.29) is 24.0 Å². The fourth-order valence-corrected chi connectivity index (χ4v) is 2.07. The van der Waals surface area contributed by atoms with Crippen molar-refractivity contribution in [2.24, 2.45) is 4.99 Å². The molecule has 0 saturated heterocycles. The molecule has 2 N–H and O–H groups in total. The third-order valence-electron chi connectivity index (χ3n) is 3.15. The topological polar surface area (TPSA) is 65.1 Å². The first kappa shape index (κ1) is 19.0. The second-order valence-corrected chi connectivity index (χ2v) is 4.85. The van der Waals surface area contributed by atoms with Gasteiger partial charge >= 0.3 is 0 Å². The Morgan fingerprint density at radius 2 is 2.00 bits per heavy atom. The Hall–Kier alpha value is -2.01. The van der Waals surface area contributed by atoms with E-state index in [1.807, 2.05) is 49.6 Å². The number of aliphatic imine (C=N–C) groups is 1. The van der Waals surface area contributed by atoms with Gasteiger partial charge in [0.2, 0.25) is 0 Å². The van der Waals surface area contributed by atoms with Crippen molar-refractivity contribution in [2.45, 2.75) is 20.0 Å². The van der Waals surface area contributed by atoms with Crippen LogP contribution >= 0.6 is 24.0 Å². The van der Waals surface area contributed by atoms with E-state index in [1.165, 1.54) is 0 Å². The molecule has 6 heteroatoms. The minimum absolute atomic E-state index is 0. The zero-order chi connectivity index (χ0) is 15.6. The van der Waals surface area contributed by atoms with Gasteiger partial charge < -0.3 is 15.2 Å². The molecule has 0 bridgehead atoms. The Balaban J connectivity index is 0.00000264. The summed E-state index contributed by atoms with van der Waals surface area (Å²) in [5.41, 5.74) is 1.69. The van der Waals surface area contributed by atoms with E-state index >= 15 is 0 Å². The molecule has 0 fully saturated rings. The predicted octanol–water partition coefficient (Wildman–Crippen LogP) is 2.73. The largest absolute Gasteiger partial charge is 0.357 e. The Kier molecular flexibility index (Phi) is 8.83. The van der Waals surface area contributed by atoms with Gasteiger partial charge in [-0.3, -0.25) is 0 Å². The number of halogens is 1. The number of aromatic nitrogens is 1. The van der Waals surface area contributed by atoms with Crippen LogP contribution in [0.2, 0.25) is 0 Å². The number of hydrogen-bond acceptors (Lipinski definition) is 2. The fraction of sp³-hybridized carbons (Fsp3) is 0.294. The first-order valence-corrected chi connectivity index (χ1v) is 7.44. The molecule has 0 saturated carbocycles. The fourth-order valence-electron chi connectivity index (χ4n) is 2.07. The zero-order valence-corrected chi connectivity index (χ0v) is 15.5. The summed E-state index contributed by atoms with van der Waals surface area (Å²) >= 11 is 0. The number of hydrogen-bond donors (Lipinski definition) is 2. The monoisotopic (exact) mass is 423 g/mol. The Labute approximate surface area is 154 Å². The average Bonchev–Trinajstić information content (AvgIpc) is 3.06. The molecular formula is C17H22IN5. The van der Waals surface area contributed by atoms with E-state index in [4.69, 9.17) is 5.26 Å². The molecule has 0 unspecified atom stereocenters. The molecule has 0 spiro atoms. The van der Waals surface area contributed by atoms with Crippen molar-refractivity contribution in [3.8, 4) is 6.07 Å². The molecule has 0 amide bonds. The van der Waals surface area contributed by atoms with Crippen molar-refractivity contribution in [3.63, 3.8) is 0 Å². The van der Waals surface area contributed by atoms with Gasteiger partial charge in [0, 0.05) is 32.0 Å². The molecule has 1 aromatic carbocycles. The second kappa shape index (κ2) is 10.7. The molecule has 0 radical (unpaired) electrons. The van der Waals surface area contributed by atoms with Crippen molar-refractivity contribution in [3.05, 3.63) is 59.9 Å². The van der Waals surface area contributed by atoms with Gasteiger partial charge in [0.1, 0.15) is 0 Å². The van der Waals surface area contributed by atoms with Gasteiger partial charge in [-0.05, 0) is 36.8 Å². The molecule has 0 atom stereocenters. The summed E-state index contributed by atoms with van der Waals surface area (Å²) in [5.74, 6) is 0.789. The molecule has 0 aliphatic rings. The summed E-state index contributed by atoms with van der Waals surface area (Å²) in [5, 5.41) is 15.5. The first-order valence-electron chi connectivity index (χ1n) is 7.44. The molecule has 1 aromatic heterocycles. The molecule has 2 aromatic rings. The normalized spacial score (nSPS) is 10.5. The van der Waals surface area contributed by atoms with Gasteiger partial charge in [0.15, 0.2) is 5.96 Å². The molecule has 0 aliphatic carbocycles. The second-order valence-electron chi connectivity index (χ2n) is 4.85. The highest BCUT2D eigenvalue weighted by Gasteiger charge is 1.98. The lowest BCUT2D eigenvalue weighted by Gasteiger charge is -2.11. The van der Waals surface area contributed by atoms with Crippen LogP contribution in [0.5, 0.6) is 0 Å². The SMILES string of the molecule is CCNC(=NCc1cccc(C#N)c1)NCCn1cccc1.I. The maximum Gasteiger partial charge on any atom is 0.191 e. The first-order chi connectivity index (χ1) is 10.8. The van der Waals surface area contributed by atoms with Crippen molar-refractivity contribution >= 4 is 29.9 Å². The van der Waals surface area contributed by atoms with Crippen LogP contribution in [0.15, 0.2) is 53.8 Å². The molecule has 122 valence electrons.